The lowest BCUT2D eigenvalue weighted by Gasteiger charge is -2.29. The number of ether oxygens (including phenoxy) is 1. The number of halogens is 1. The van der Waals surface area contributed by atoms with Crippen molar-refractivity contribution >= 4 is 11.6 Å². The minimum atomic E-state index is -0.325. The third-order valence-corrected chi connectivity index (χ3v) is 3.69. The van der Waals surface area contributed by atoms with E-state index >= 15 is 0 Å². The maximum absolute atomic E-state index is 9.16. The second kappa shape index (κ2) is 7.74. The first-order valence-electron chi connectivity index (χ1n) is 7.12. The van der Waals surface area contributed by atoms with Gasteiger partial charge in [0.15, 0.2) is 5.76 Å². The molecule has 0 aliphatic carbocycles. The predicted octanol–water partition coefficient (Wildman–Crippen LogP) is 2.87. The molecule has 0 fully saturated rings. The van der Waals surface area contributed by atoms with E-state index in [0.717, 1.165) is 5.56 Å². The molecule has 2 N–H and O–H groups in total. The number of nitrogens with zero attached hydrogens (tertiary/aromatic N) is 1. The Balaban J connectivity index is 2.03. The van der Waals surface area contributed by atoms with Crippen molar-refractivity contribution in [2.24, 2.45) is 0 Å². The van der Waals surface area contributed by atoms with Crippen molar-refractivity contribution in [1.29, 1.82) is 0 Å². The van der Waals surface area contributed by atoms with Crippen LogP contribution in [-0.4, -0.2) is 36.0 Å². The molecule has 1 atom stereocenters. The van der Waals surface area contributed by atoms with Crippen molar-refractivity contribution in [2.45, 2.75) is 25.4 Å². The van der Waals surface area contributed by atoms with E-state index in [4.69, 9.17) is 25.9 Å². The van der Waals surface area contributed by atoms with E-state index in [2.05, 4.69) is 10.3 Å². The van der Waals surface area contributed by atoms with Crippen molar-refractivity contribution in [3.63, 3.8) is 0 Å². The van der Waals surface area contributed by atoms with Gasteiger partial charge in [0.05, 0.1) is 19.3 Å². The number of aromatic nitrogens is 1. The van der Waals surface area contributed by atoms with Gasteiger partial charge < -0.3 is 19.6 Å². The van der Waals surface area contributed by atoms with Crippen molar-refractivity contribution in [3.05, 3.63) is 41.4 Å². The fourth-order valence-electron chi connectivity index (χ4n) is 2.23. The van der Waals surface area contributed by atoms with Crippen molar-refractivity contribution in [1.82, 2.24) is 10.3 Å². The Labute approximate surface area is 135 Å². The maximum atomic E-state index is 9.16. The molecule has 1 aromatic heterocycles. The lowest BCUT2D eigenvalue weighted by Crippen LogP contribution is -2.46. The van der Waals surface area contributed by atoms with Crippen molar-refractivity contribution in [3.8, 4) is 11.3 Å². The highest BCUT2D eigenvalue weighted by molar-refractivity contribution is 6.30. The Morgan fingerprint density at radius 3 is 2.95 bits per heavy atom. The van der Waals surface area contributed by atoms with Gasteiger partial charge in [-0.3, -0.25) is 0 Å². The molecule has 120 valence electrons. The zero-order valence-corrected chi connectivity index (χ0v) is 13.6. The monoisotopic (exact) mass is 324 g/mol. The summed E-state index contributed by atoms with van der Waals surface area (Å²) in [5.74, 6) is 1.25. The first kappa shape index (κ1) is 17.0. The highest BCUT2D eigenvalue weighted by Crippen LogP contribution is 2.23. The maximum Gasteiger partial charge on any atom is 0.208 e. The molecule has 0 aliphatic heterocycles. The molecule has 0 radical (unpaired) electrons. The lowest BCUT2D eigenvalue weighted by atomic mass is 9.99. The molecule has 0 spiro atoms. The fraction of sp³-hybridized carbons (Fsp3) is 0.438. The van der Waals surface area contributed by atoms with Gasteiger partial charge in [-0.05, 0) is 25.5 Å². The summed E-state index contributed by atoms with van der Waals surface area (Å²) in [6, 6.07) is 7.44. The van der Waals surface area contributed by atoms with Crippen LogP contribution in [0, 0.1) is 0 Å². The van der Waals surface area contributed by atoms with Gasteiger partial charge in [-0.1, -0.05) is 23.7 Å². The molecule has 1 heterocycles. The van der Waals surface area contributed by atoms with E-state index in [1.165, 1.54) is 0 Å². The zero-order chi connectivity index (χ0) is 16.0. The van der Waals surface area contributed by atoms with Gasteiger partial charge in [-0.15, -0.1) is 0 Å². The Bertz CT molecular complexity index is 595. The van der Waals surface area contributed by atoms with Gasteiger partial charge in [0.25, 0.3) is 0 Å². The summed E-state index contributed by atoms with van der Waals surface area (Å²) in [5, 5.41) is 13.1. The SMILES string of the molecule is COCC(C)(CCO)NCc1ncc(-c2cccc(Cl)c2)o1. The number of methoxy groups -OCH3 is 1. The molecule has 0 saturated heterocycles. The highest BCUT2D eigenvalue weighted by Gasteiger charge is 2.23. The summed E-state index contributed by atoms with van der Waals surface area (Å²) in [7, 11) is 1.64. The lowest BCUT2D eigenvalue weighted by molar-refractivity contribution is 0.0953. The van der Waals surface area contributed by atoms with Crippen molar-refractivity contribution < 1.29 is 14.3 Å². The second-order valence-corrected chi connectivity index (χ2v) is 5.89. The quantitative estimate of drug-likeness (QED) is 0.781. The van der Waals surface area contributed by atoms with Crippen LogP contribution in [0.15, 0.2) is 34.9 Å². The molecule has 5 nitrogen and oxygen atoms in total. The smallest absolute Gasteiger partial charge is 0.208 e. The summed E-state index contributed by atoms with van der Waals surface area (Å²) in [5.41, 5.74) is 0.565. The fourth-order valence-corrected chi connectivity index (χ4v) is 2.42. The molecule has 2 aromatic rings. The number of aliphatic hydroxyl groups excluding tert-OH is 1. The molecule has 6 heteroatoms. The van der Waals surface area contributed by atoms with E-state index in [9.17, 15) is 0 Å². The molecule has 0 saturated carbocycles. The standard InChI is InChI=1S/C16H21ClN2O3/c1-16(6-7-20,11-21-2)19-10-15-18-9-14(22-15)12-4-3-5-13(17)8-12/h3-5,8-9,19-20H,6-7,10-11H2,1-2H3. The minimum absolute atomic E-state index is 0.0895. The van der Waals surface area contributed by atoms with E-state index in [1.54, 1.807) is 13.3 Å². The number of oxazole rings is 1. The minimum Gasteiger partial charge on any atom is -0.439 e. The number of hydrogen-bond donors (Lipinski definition) is 2. The van der Waals surface area contributed by atoms with Crippen LogP contribution >= 0.6 is 11.6 Å². The Kier molecular flexibility index (Phi) is 5.97. The highest BCUT2D eigenvalue weighted by atomic mass is 35.5. The third-order valence-electron chi connectivity index (χ3n) is 3.46. The topological polar surface area (TPSA) is 67.5 Å². The van der Waals surface area contributed by atoms with Crippen LogP contribution in [0.2, 0.25) is 5.02 Å². The van der Waals surface area contributed by atoms with Gasteiger partial charge in [0.2, 0.25) is 5.89 Å². The average molecular weight is 325 g/mol. The molecular weight excluding hydrogens is 304 g/mol. The van der Waals surface area contributed by atoms with E-state index < -0.39 is 0 Å². The average Bonchev–Trinajstić information content (AvgIpc) is 2.95. The van der Waals surface area contributed by atoms with Crippen LogP contribution in [0.4, 0.5) is 0 Å². The van der Waals surface area contributed by atoms with Crippen LogP contribution in [-0.2, 0) is 11.3 Å². The predicted molar refractivity (Wildman–Crippen MR) is 85.8 cm³/mol. The van der Waals surface area contributed by atoms with Crippen molar-refractivity contribution in [2.75, 3.05) is 20.3 Å². The summed E-state index contributed by atoms with van der Waals surface area (Å²) in [6.45, 7) is 3.04. The van der Waals surface area contributed by atoms with Crippen LogP contribution in [0.3, 0.4) is 0 Å². The Hall–Kier alpha value is -1.40. The molecule has 1 aromatic carbocycles. The largest absolute Gasteiger partial charge is 0.439 e. The van der Waals surface area contributed by atoms with Crippen LogP contribution < -0.4 is 5.32 Å². The summed E-state index contributed by atoms with van der Waals surface area (Å²) < 4.78 is 10.9. The van der Waals surface area contributed by atoms with Gasteiger partial charge in [-0.2, -0.15) is 0 Å². The van der Waals surface area contributed by atoms with Crippen LogP contribution in [0.5, 0.6) is 0 Å². The van der Waals surface area contributed by atoms with Crippen LogP contribution in [0.1, 0.15) is 19.2 Å². The molecule has 2 rings (SSSR count). The van der Waals surface area contributed by atoms with Crippen LogP contribution in [0.25, 0.3) is 11.3 Å². The molecule has 1 unspecified atom stereocenters. The molecular formula is C16H21ClN2O3. The summed E-state index contributed by atoms with van der Waals surface area (Å²) in [4.78, 5) is 4.27. The van der Waals surface area contributed by atoms with Gasteiger partial charge in [0.1, 0.15) is 0 Å². The summed E-state index contributed by atoms with van der Waals surface area (Å²) >= 11 is 5.98. The number of aliphatic hydroxyl groups is 1. The third kappa shape index (κ3) is 4.55. The normalized spacial score (nSPS) is 14.0. The molecule has 0 bridgehead atoms. The number of rotatable bonds is 8. The summed E-state index contributed by atoms with van der Waals surface area (Å²) in [6.07, 6.45) is 2.27. The van der Waals surface area contributed by atoms with E-state index in [0.29, 0.717) is 36.2 Å². The Morgan fingerprint density at radius 2 is 2.27 bits per heavy atom. The molecule has 0 amide bonds. The second-order valence-electron chi connectivity index (χ2n) is 5.45. The number of nitrogens with one attached hydrogen (secondary N) is 1. The van der Waals surface area contributed by atoms with E-state index in [1.807, 2.05) is 31.2 Å². The first-order chi connectivity index (χ1) is 10.6. The molecule has 22 heavy (non-hydrogen) atoms. The van der Waals surface area contributed by atoms with Gasteiger partial charge in [0, 0.05) is 29.8 Å². The molecule has 0 aliphatic rings. The zero-order valence-electron chi connectivity index (χ0n) is 12.8. The Morgan fingerprint density at radius 1 is 1.45 bits per heavy atom. The number of benzene rings is 1. The van der Waals surface area contributed by atoms with Gasteiger partial charge >= 0.3 is 0 Å². The van der Waals surface area contributed by atoms with Gasteiger partial charge in [-0.25, -0.2) is 4.98 Å². The number of hydrogen-bond acceptors (Lipinski definition) is 5. The van der Waals surface area contributed by atoms with E-state index in [-0.39, 0.29) is 12.1 Å². The first-order valence-corrected chi connectivity index (χ1v) is 7.49.